The van der Waals surface area contributed by atoms with Crippen molar-refractivity contribution in [2.24, 2.45) is 0 Å². The summed E-state index contributed by atoms with van der Waals surface area (Å²) in [5, 5.41) is 27.6. The van der Waals surface area contributed by atoms with E-state index in [9.17, 15) is 29.4 Å². The van der Waals surface area contributed by atoms with Crippen molar-refractivity contribution in [1.29, 1.82) is 0 Å². The number of carboxylic acid groups (broad SMARTS) is 2. The van der Waals surface area contributed by atoms with Crippen LogP contribution in [0.1, 0.15) is 43.4 Å². The molecule has 162 valence electrons. The van der Waals surface area contributed by atoms with Gasteiger partial charge in [0.15, 0.2) is 0 Å². The van der Waals surface area contributed by atoms with Crippen molar-refractivity contribution in [3.8, 4) is 0 Å². The zero-order chi connectivity index (χ0) is 23.3. The second-order valence-corrected chi connectivity index (χ2v) is 7.36. The van der Waals surface area contributed by atoms with Gasteiger partial charge in [-0.3, -0.25) is 9.59 Å². The normalized spacial score (nSPS) is 15.5. The summed E-state index contributed by atoms with van der Waals surface area (Å²) < 4.78 is 5.72. The summed E-state index contributed by atoms with van der Waals surface area (Å²) in [5.74, 6) is -2.98. The van der Waals surface area contributed by atoms with Gasteiger partial charge in [0, 0.05) is 22.5 Å². The van der Waals surface area contributed by atoms with Gasteiger partial charge in [0.05, 0.1) is 23.1 Å². The van der Waals surface area contributed by atoms with Crippen LogP contribution in [-0.2, 0) is 9.59 Å². The third kappa shape index (κ3) is 5.06. The molecule has 0 spiro atoms. The van der Waals surface area contributed by atoms with E-state index in [0.29, 0.717) is 34.0 Å². The topological polar surface area (TPSA) is 152 Å². The molecule has 5 rings (SSSR count). The first-order valence-electron chi connectivity index (χ1n) is 9.67. The van der Waals surface area contributed by atoms with E-state index in [2.05, 4.69) is 10.6 Å². The molecule has 0 unspecified atom stereocenters. The molecule has 0 bridgehead atoms. The van der Waals surface area contributed by atoms with Gasteiger partial charge in [-0.2, -0.15) is 0 Å². The maximum Gasteiger partial charge on any atom is 1.00 e. The first kappa shape index (κ1) is 26.7. The fraction of sp³-hybridized carbons (Fsp3) is 0. The smallest absolute Gasteiger partial charge is 0.545 e. The van der Waals surface area contributed by atoms with Crippen molar-refractivity contribution in [2.45, 2.75) is 0 Å². The Bertz CT molecular complexity index is 1360. The third-order valence-electron chi connectivity index (χ3n) is 5.30. The van der Waals surface area contributed by atoms with Gasteiger partial charge in [-0.15, -0.1) is 0 Å². The number of nitrogens with one attached hydrogen (secondary N) is 2. The number of hydrogen-bond donors (Lipinski definition) is 2. The van der Waals surface area contributed by atoms with Crippen LogP contribution in [0.15, 0.2) is 52.9 Å². The van der Waals surface area contributed by atoms with E-state index in [1.54, 1.807) is 12.1 Å². The number of furan rings is 1. The van der Waals surface area contributed by atoms with Crippen molar-refractivity contribution >= 4 is 58.4 Å². The molecule has 0 fully saturated rings. The minimum Gasteiger partial charge on any atom is -0.545 e. The first-order chi connectivity index (χ1) is 15.8. The number of fused-ring (bicyclic) bond motifs is 2. The van der Waals surface area contributed by atoms with Crippen molar-refractivity contribution < 1.29 is 92.9 Å². The van der Waals surface area contributed by atoms with Crippen LogP contribution in [0.5, 0.6) is 0 Å². The van der Waals surface area contributed by atoms with Crippen LogP contribution < -0.4 is 80.0 Å². The van der Waals surface area contributed by atoms with Crippen molar-refractivity contribution in [3.05, 3.63) is 82.3 Å². The summed E-state index contributed by atoms with van der Waals surface area (Å²) in [6, 6.07) is 11.5. The van der Waals surface area contributed by atoms with Gasteiger partial charge >= 0.3 is 59.1 Å². The molecule has 3 heterocycles. The number of carbonyl (C=O) groups is 4. The minimum absolute atomic E-state index is 0. The Kier molecular flexibility index (Phi) is 7.90. The van der Waals surface area contributed by atoms with Gasteiger partial charge in [0.25, 0.3) is 11.8 Å². The fourth-order valence-electron chi connectivity index (χ4n) is 3.72. The second-order valence-electron chi connectivity index (χ2n) is 7.36. The van der Waals surface area contributed by atoms with Crippen LogP contribution in [0.4, 0.5) is 11.4 Å². The van der Waals surface area contributed by atoms with Gasteiger partial charge < -0.3 is 34.9 Å². The van der Waals surface area contributed by atoms with Crippen molar-refractivity contribution in [1.82, 2.24) is 0 Å². The molecule has 9 nitrogen and oxygen atoms in total. The summed E-state index contributed by atoms with van der Waals surface area (Å²) in [6.45, 7) is 0. The number of hydrogen-bond acceptors (Lipinski definition) is 7. The second kappa shape index (κ2) is 10.4. The summed E-state index contributed by atoms with van der Waals surface area (Å²) >= 11 is 0. The zero-order valence-corrected chi connectivity index (χ0v) is 22.6. The quantitative estimate of drug-likeness (QED) is 0.277. The molecule has 0 aliphatic carbocycles. The van der Waals surface area contributed by atoms with E-state index >= 15 is 0 Å². The molecule has 3 aromatic rings. The molecule has 0 radical (unpaired) electrons. The van der Waals surface area contributed by atoms with Crippen LogP contribution in [0.2, 0.25) is 0 Å². The van der Waals surface area contributed by atoms with Gasteiger partial charge in [0.2, 0.25) is 0 Å². The molecule has 2 aliphatic rings. The molecular weight excluding hydrogens is 474 g/mol. The summed E-state index contributed by atoms with van der Waals surface area (Å²) in [5.41, 5.74) is 2.02. The predicted octanol–water partition coefficient (Wildman–Crippen LogP) is -5.00. The van der Waals surface area contributed by atoms with E-state index in [1.807, 2.05) is 0 Å². The molecular formula is C24H12N2Na2O7. The predicted molar refractivity (Wildman–Crippen MR) is 113 cm³/mol. The minimum atomic E-state index is -1.36. The Labute approximate surface area is 242 Å². The average molecular weight is 486 g/mol. The number of anilines is 2. The number of aromatic carboxylic acids is 2. The van der Waals surface area contributed by atoms with Gasteiger partial charge in [0.1, 0.15) is 11.5 Å². The van der Waals surface area contributed by atoms with E-state index in [-0.39, 0.29) is 81.4 Å². The van der Waals surface area contributed by atoms with Crippen LogP contribution in [0.25, 0.3) is 23.3 Å². The standard InChI is InChI=1S/C24H14N2O7.2Na/c27-21-17(15-7-11(23(29)30)1-5-19(15)25-21)9-13-3-4-14(33-13)10-18-16-8-12(24(31)32)2-6-20(16)26-22(18)28;;/h1-10H,(H,25,27)(H,26,28)(H,29,30)(H,31,32);;/q;2*+1/p-2/b17-9+,18-10+;;. The van der Waals surface area contributed by atoms with Crippen LogP contribution in [-0.4, -0.2) is 23.8 Å². The molecule has 0 saturated heterocycles. The molecule has 2 aromatic carbocycles. The molecule has 35 heavy (non-hydrogen) atoms. The van der Waals surface area contributed by atoms with Crippen LogP contribution in [0, 0.1) is 0 Å². The Balaban J connectivity index is 0.00000171. The third-order valence-corrected chi connectivity index (χ3v) is 5.30. The molecule has 0 atom stereocenters. The van der Waals surface area contributed by atoms with Crippen LogP contribution in [0.3, 0.4) is 0 Å². The maximum absolute atomic E-state index is 12.4. The molecule has 0 saturated carbocycles. The first-order valence-corrected chi connectivity index (χ1v) is 9.67. The van der Waals surface area contributed by atoms with Gasteiger partial charge in [-0.1, -0.05) is 12.1 Å². The largest absolute Gasteiger partial charge is 1.00 e. The molecule has 2 aliphatic heterocycles. The number of carbonyl (C=O) groups excluding carboxylic acids is 4. The van der Waals surface area contributed by atoms with E-state index in [1.165, 1.54) is 48.6 Å². The Morgan fingerprint density at radius 1 is 0.686 bits per heavy atom. The number of benzene rings is 2. The van der Waals surface area contributed by atoms with Gasteiger partial charge in [-0.25, -0.2) is 0 Å². The van der Waals surface area contributed by atoms with Crippen LogP contribution >= 0.6 is 0 Å². The number of rotatable bonds is 4. The maximum atomic E-state index is 12.4. The van der Waals surface area contributed by atoms with Crippen molar-refractivity contribution in [2.75, 3.05) is 10.6 Å². The monoisotopic (exact) mass is 486 g/mol. The number of amides is 2. The SMILES string of the molecule is O=C1Nc2ccc(C(=O)[O-])cc2/C1=C\c1ccc(/C=C2/C(=O)Nc3ccc(C(=O)[O-])cc32)o1.[Na+].[Na+]. The Morgan fingerprint density at radius 2 is 1.09 bits per heavy atom. The van der Waals surface area contributed by atoms with Gasteiger partial charge in [-0.05, 0) is 59.7 Å². The zero-order valence-electron chi connectivity index (χ0n) is 18.6. The van der Waals surface area contributed by atoms with E-state index < -0.39 is 23.8 Å². The Morgan fingerprint density at radius 3 is 1.46 bits per heavy atom. The summed E-state index contributed by atoms with van der Waals surface area (Å²) in [4.78, 5) is 47.1. The molecule has 11 heteroatoms. The molecule has 1 aromatic heterocycles. The summed E-state index contributed by atoms with van der Waals surface area (Å²) in [7, 11) is 0. The van der Waals surface area contributed by atoms with Crippen molar-refractivity contribution in [3.63, 3.8) is 0 Å². The van der Waals surface area contributed by atoms with E-state index in [0.717, 1.165) is 0 Å². The molecule has 2 N–H and O–H groups in total. The average Bonchev–Trinajstić information content (AvgIpc) is 3.44. The van der Waals surface area contributed by atoms with E-state index in [4.69, 9.17) is 4.42 Å². The fourth-order valence-corrected chi connectivity index (χ4v) is 3.72. The number of carboxylic acids is 2. The Hall–Kier alpha value is -2.92. The summed E-state index contributed by atoms with van der Waals surface area (Å²) in [6.07, 6.45) is 2.91. The molecule has 2 amide bonds.